The van der Waals surface area contributed by atoms with Gasteiger partial charge in [0.2, 0.25) is 0 Å². The van der Waals surface area contributed by atoms with Crippen molar-refractivity contribution in [3.8, 4) is 33.9 Å². The molecule has 3 heterocycles. The fourth-order valence-corrected chi connectivity index (χ4v) is 6.98. The van der Waals surface area contributed by atoms with Crippen LogP contribution in [0.15, 0.2) is 156 Å². The van der Waals surface area contributed by atoms with Gasteiger partial charge in [0.15, 0.2) is 5.82 Å². The number of furan rings is 1. The molecule has 4 nitrogen and oxygen atoms in total. The number of nitrogens with zero attached hydrogens (tertiary/aromatic N) is 3. The number of hydrogen-bond donors (Lipinski definition) is 0. The summed E-state index contributed by atoms with van der Waals surface area (Å²) in [7, 11) is 0. The molecular weight excluding hydrogens is 574 g/mol. The summed E-state index contributed by atoms with van der Waals surface area (Å²) in [6, 6.07) is 52.5. The minimum absolute atomic E-state index is 0.693. The van der Waals surface area contributed by atoms with Gasteiger partial charge in [-0.15, -0.1) is 0 Å². The lowest BCUT2D eigenvalue weighted by Gasteiger charge is -2.12. The highest BCUT2D eigenvalue weighted by Gasteiger charge is 2.18. The van der Waals surface area contributed by atoms with E-state index in [1.54, 1.807) is 0 Å². The highest BCUT2D eigenvalue weighted by molar-refractivity contribution is 6.24. The summed E-state index contributed by atoms with van der Waals surface area (Å²) >= 11 is 0. The number of benzene rings is 7. The lowest BCUT2D eigenvalue weighted by atomic mass is 9.97. The molecular formula is C43H25N3O. The Hall–Kier alpha value is -6.39. The third-order valence-electron chi connectivity index (χ3n) is 9.25. The van der Waals surface area contributed by atoms with Gasteiger partial charge < -0.3 is 4.42 Å². The van der Waals surface area contributed by atoms with E-state index in [0.717, 1.165) is 82.6 Å². The monoisotopic (exact) mass is 599 g/mol. The van der Waals surface area contributed by atoms with Crippen molar-refractivity contribution >= 4 is 65.3 Å². The molecule has 0 saturated carbocycles. The van der Waals surface area contributed by atoms with Crippen molar-refractivity contribution in [1.82, 2.24) is 15.0 Å². The molecule has 0 amide bonds. The van der Waals surface area contributed by atoms with E-state index in [1.165, 1.54) is 10.8 Å². The van der Waals surface area contributed by atoms with E-state index < -0.39 is 0 Å². The smallest absolute Gasteiger partial charge is 0.160 e. The molecule has 218 valence electrons. The summed E-state index contributed by atoms with van der Waals surface area (Å²) in [5.74, 6) is 0.693. The predicted octanol–water partition coefficient (Wildman–Crippen LogP) is 11.4. The molecule has 0 fully saturated rings. The van der Waals surface area contributed by atoms with Crippen LogP contribution in [0.25, 0.3) is 99.2 Å². The fourth-order valence-electron chi connectivity index (χ4n) is 6.98. The third-order valence-corrected chi connectivity index (χ3v) is 9.25. The molecule has 0 bridgehead atoms. The standard InChI is InChI=1S/C43H25N3O/c1-2-10-29-25-30(22-17-26(29)9-1)41-34-13-4-7-15-37(34)45-43(46-41)28-20-18-27(19-21-28)40-35-24-23-32-31-11-5-8-16-38(31)47-42(32)39(35)33-12-3-6-14-36(33)44-40/h1-25H. The van der Waals surface area contributed by atoms with Gasteiger partial charge in [0.1, 0.15) is 11.2 Å². The van der Waals surface area contributed by atoms with E-state index in [0.29, 0.717) is 5.82 Å². The van der Waals surface area contributed by atoms with E-state index in [9.17, 15) is 0 Å². The Balaban J connectivity index is 1.14. The van der Waals surface area contributed by atoms with Crippen molar-refractivity contribution in [2.45, 2.75) is 0 Å². The Morgan fingerprint density at radius 3 is 1.85 bits per heavy atom. The third kappa shape index (κ3) is 4.05. The van der Waals surface area contributed by atoms with Crippen molar-refractivity contribution in [3.05, 3.63) is 152 Å². The molecule has 0 aliphatic carbocycles. The molecule has 0 aliphatic heterocycles. The highest BCUT2D eigenvalue weighted by atomic mass is 16.3. The maximum atomic E-state index is 6.50. The minimum atomic E-state index is 0.693. The van der Waals surface area contributed by atoms with Crippen LogP contribution >= 0.6 is 0 Å². The zero-order valence-corrected chi connectivity index (χ0v) is 25.2. The Morgan fingerprint density at radius 1 is 0.383 bits per heavy atom. The molecule has 7 aromatic carbocycles. The molecule has 3 aromatic heterocycles. The molecule has 0 atom stereocenters. The molecule has 10 rings (SSSR count). The van der Waals surface area contributed by atoms with E-state index in [4.69, 9.17) is 19.4 Å². The van der Waals surface area contributed by atoms with Crippen LogP contribution in [-0.2, 0) is 0 Å². The van der Waals surface area contributed by atoms with Crippen LogP contribution in [0.5, 0.6) is 0 Å². The van der Waals surface area contributed by atoms with Crippen molar-refractivity contribution in [1.29, 1.82) is 0 Å². The molecule has 47 heavy (non-hydrogen) atoms. The summed E-state index contributed by atoms with van der Waals surface area (Å²) in [6.07, 6.45) is 0. The zero-order chi connectivity index (χ0) is 30.9. The van der Waals surface area contributed by atoms with Gasteiger partial charge in [0, 0.05) is 49.0 Å². The van der Waals surface area contributed by atoms with Gasteiger partial charge >= 0.3 is 0 Å². The number of rotatable bonds is 3. The molecule has 0 spiro atoms. The zero-order valence-electron chi connectivity index (χ0n) is 25.2. The van der Waals surface area contributed by atoms with Crippen LogP contribution in [-0.4, -0.2) is 15.0 Å². The van der Waals surface area contributed by atoms with Crippen LogP contribution in [0.4, 0.5) is 0 Å². The molecule has 0 saturated heterocycles. The van der Waals surface area contributed by atoms with Crippen LogP contribution in [0.1, 0.15) is 0 Å². The van der Waals surface area contributed by atoms with E-state index in [1.807, 2.05) is 30.3 Å². The van der Waals surface area contributed by atoms with Gasteiger partial charge in [-0.25, -0.2) is 15.0 Å². The number of para-hydroxylation sites is 3. The van der Waals surface area contributed by atoms with Crippen molar-refractivity contribution in [2.24, 2.45) is 0 Å². The van der Waals surface area contributed by atoms with Gasteiger partial charge in [-0.2, -0.15) is 0 Å². The van der Waals surface area contributed by atoms with Gasteiger partial charge in [-0.3, -0.25) is 0 Å². The first-order valence-electron chi connectivity index (χ1n) is 15.8. The average Bonchev–Trinajstić information content (AvgIpc) is 3.53. The minimum Gasteiger partial charge on any atom is -0.455 e. The van der Waals surface area contributed by atoms with Gasteiger partial charge in [0.25, 0.3) is 0 Å². The quantitative estimate of drug-likeness (QED) is 0.190. The fraction of sp³-hybridized carbons (Fsp3) is 0. The van der Waals surface area contributed by atoms with Crippen LogP contribution in [0.3, 0.4) is 0 Å². The van der Waals surface area contributed by atoms with E-state index in [2.05, 4.69) is 121 Å². The highest BCUT2D eigenvalue weighted by Crippen LogP contribution is 2.41. The van der Waals surface area contributed by atoms with Crippen molar-refractivity contribution < 1.29 is 4.42 Å². The topological polar surface area (TPSA) is 51.8 Å². The first-order valence-corrected chi connectivity index (χ1v) is 15.8. The molecule has 4 heteroatoms. The Labute approximate surface area is 269 Å². The Kier molecular flexibility index (Phi) is 5.54. The number of aromatic nitrogens is 3. The number of pyridine rings is 1. The van der Waals surface area contributed by atoms with Crippen LogP contribution in [0.2, 0.25) is 0 Å². The van der Waals surface area contributed by atoms with E-state index in [-0.39, 0.29) is 0 Å². The second kappa shape index (κ2) is 10.1. The molecule has 0 unspecified atom stereocenters. The maximum Gasteiger partial charge on any atom is 0.160 e. The molecule has 0 aliphatic rings. The maximum absolute atomic E-state index is 6.50. The normalized spacial score (nSPS) is 11.8. The second-order valence-electron chi connectivity index (χ2n) is 12.0. The van der Waals surface area contributed by atoms with Crippen LogP contribution < -0.4 is 0 Å². The summed E-state index contributed by atoms with van der Waals surface area (Å²) in [5, 5.41) is 8.89. The average molecular weight is 600 g/mol. The first-order chi connectivity index (χ1) is 23.3. The number of hydrogen-bond acceptors (Lipinski definition) is 4. The lowest BCUT2D eigenvalue weighted by Crippen LogP contribution is -1.95. The van der Waals surface area contributed by atoms with Crippen molar-refractivity contribution in [2.75, 3.05) is 0 Å². The molecule has 10 aromatic rings. The van der Waals surface area contributed by atoms with E-state index >= 15 is 0 Å². The second-order valence-corrected chi connectivity index (χ2v) is 12.0. The Morgan fingerprint density at radius 2 is 1.00 bits per heavy atom. The summed E-state index contributed by atoms with van der Waals surface area (Å²) in [6.45, 7) is 0. The number of fused-ring (bicyclic) bond motifs is 9. The first kappa shape index (κ1) is 25.9. The Bertz CT molecular complexity index is 2850. The summed E-state index contributed by atoms with van der Waals surface area (Å²) in [5.41, 5.74) is 8.53. The van der Waals surface area contributed by atoms with Crippen LogP contribution in [0, 0.1) is 0 Å². The van der Waals surface area contributed by atoms with Gasteiger partial charge in [-0.05, 0) is 41.1 Å². The summed E-state index contributed by atoms with van der Waals surface area (Å²) < 4.78 is 6.50. The summed E-state index contributed by atoms with van der Waals surface area (Å²) in [4.78, 5) is 15.3. The molecule has 0 radical (unpaired) electrons. The SMILES string of the molecule is c1ccc2cc(-c3nc(-c4ccc(-c5nc6ccccc6c6c5ccc5c7ccccc7oc56)cc4)nc4ccccc34)ccc2c1. The van der Waals surface area contributed by atoms with Gasteiger partial charge in [-0.1, -0.05) is 121 Å². The lowest BCUT2D eigenvalue weighted by molar-refractivity contribution is 0.673. The van der Waals surface area contributed by atoms with Gasteiger partial charge in [0.05, 0.1) is 22.4 Å². The molecule has 0 N–H and O–H groups in total. The predicted molar refractivity (Wildman–Crippen MR) is 193 cm³/mol. The largest absolute Gasteiger partial charge is 0.455 e. The van der Waals surface area contributed by atoms with Crippen molar-refractivity contribution in [3.63, 3.8) is 0 Å².